The first-order chi connectivity index (χ1) is 16.9. The second-order valence-corrected chi connectivity index (χ2v) is 11.3. The Labute approximate surface area is 211 Å². The molecule has 1 aromatic heterocycles. The number of nitrogens with one attached hydrogen (secondary N) is 1. The summed E-state index contributed by atoms with van der Waals surface area (Å²) in [6, 6.07) is 5.51. The number of hydrogen-bond acceptors (Lipinski definition) is 6. The van der Waals surface area contributed by atoms with E-state index in [9.17, 15) is 19.5 Å². The van der Waals surface area contributed by atoms with Gasteiger partial charge < -0.3 is 24.7 Å². The second-order valence-electron chi connectivity index (χ2n) is 11.3. The van der Waals surface area contributed by atoms with Crippen LogP contribution in [0.4, 0.5) is 0 Å². The summed E-state index contributed by atoms with van der Waals surface area (Å²) in [5.74, 6) is -1.13. The van der Waals surface area contributed by atoms with Gasteiger partial charge in [-0.1, -0.05) is 40.7 Å². The Kier molecular flexibility index (Phi) is 6.60. The van der Waals surface area contributed by atoms with Crippen LogP contribution < -0.4 is 4.74 Å². The molecule has 196 valence electrons. The number of esters is 1. The number of ketones is 1. The van der Waals surface area contributed by atoms with Crippen molar-refractivity contribution in [3.05, 3.63) is 24.4 Å². The number of hydrogen-bond donors (Lipinski definition) is 3. The fraction of sp³-hybridized carbons (Fsp3) is 0.607. The molecule has 4 rings (SSSR count). The number of aromatic nitrogens is 1. The van der Waals surface area contributed by atoms with E-state index in [0.29, 0.717) is 11.1 Å². The van der Waals surface area contributed by atoms with E-state index < -0.39 is 29.1 Å². The third kappa shape index (κ3) is 3.95. The van der Waals surface area contributed by atoms with E-state index in [1.807, 2.05) is 32.0 Å². The Balaban J connectivity index is 1.83. The highest BCUT2D eigenvalue weighted by Crippen LogP contribution is 2.63. The molecule has 0 spiro atoms. The van der Waals surface area contributed by atoms with Crippen LogP contribution in [0.15, 0.2) is 24.4 Å². The van der Waals surface area contributed by atoms with E-state index in [1.165, 1.54) is 0 Å². The van der Waals surface area contributed by atoms with Crippen LogP contribution in [0.3, 0.4) is 0 Å². The standard InChI is InChI=1S/C28H37NO7/c1-6-27(5)16(2)10-11-21-26(3,4)24(33)20(35-23(32)13-12-22(30)31)14-28(21,27)36-19-9-7-8-17-18(19)15-29-25(17)34/h7-9,15-16,20-21,29,34H,6,10-14H2,1-5H3,(H,30,31). The third-order valence-corrected chi connectivity index (χ3v) is 9.31. The van der Waals surface area contributed by atoms with Crippen molar-refractivity contribution in [2.24, 2.45) is 22.7 Å². The Morgan fingerprint density at radius 2 is 1.86 bits per heavy atom. The molecular weight excluding hydrogens is 462 g/mol. The van der Waals surface area contributed by atoms with Gasteiger partial charge >= 0.3 is 11.9 Å². The van der Waals surface area contributed by atoms with Gasteiger partial charge in [-0.15, -0.1) is 0 Å². The van der Waals surface area contributed by atoms with Gasteiger partial charge in [-0.3, -0.25) is 14.4 Å². The van der Waals surface area contributed by atoms with E-state index in [4.69, 9.17) is 14.6 Å². The van der Waals surface area contributed by atoms with Crippen LogP contribution in [0.2, 0.25) is 0 Å². The molecule has 8 heteroatoms. The van der Waals surface area contributed by atoms with E-state index in [2.05, 4.69) is 25.8 Å². The predicted molar refractivity (Wildman–Crippen MR) is 134 cm³/mol. The van der Waals surface area contributed by atoms with Crippen molar-refractivity contribution in [1.82, 2.24) is 4.98 Å². The van der Waals surface area contributed by atoms with Gasteiger partial charge in [0.15, 0.2) is 17.8 Å². The van der Waals surface area contributed by atoms with Crippen molar-refractivity contribution >= 4 is 28.5 Å². The summed E-state index contributed by atoms with van der Waals surface area (Å²) >= 11 is 0. The maximum absolute atomic E-state index is 13.7. The Morgan fingerprint density at radius 3 is 2.53 bits per heavy atom. The van der Waals surface area contributed by atoms with Crippen LogP contribution in [-0.2, 0) is 19.1 Å². The molecule has 2 fully saturated rings. The number of carbonyl (C=O) groups is 3. The fourth-order valence-corrected chi connectivity index (χ4v) is 6.86. The zero-order valence-electron chi connectivity index (χ0n) is 21.7. The van der Waals surface area contributed by atoms with Crippen LogP contribution in [0.1, 0.15) is 73.1 Å². The molecule has 2 aliphatic rings. The zero-order chi connectivity index (χ0) is 26.5. The molecule has 3 N–H and O–H groups in total. The number of fused-ring (bicyclic) bond motifs is 2. The fourth-order valence-electron chi connectivity index (χ4n) is 6.86. The molecule has 2 saturated carbocycles. The largest absolute Gasteiger partial charge is 0.494 e. The topological polar surface area (TPSA) is 126 Å². The van der Waals surface area contributed by atoms with E-state index in [-0.39, 0.29) is 48.2 Å². The molecule has 0 saturated heterocycles. The number of H-pyrrole nitrogens is 1. The van der Waals surface area contributed by atoms with Crippen LogP contribution in [-0.4, -0.2) is 44.6 Å². The summed E-state index contributed by atoms with van der Waals surface area (Å²) in [7, 11) is 0. The number of benzene rings is 1. The summed E-state index contributed by atoms with van der Waals surface area (Å²) in [6.07, 6.45) is 2.77. The molecule has 0 amide bonds. The number of rotatable bonds is 7. The molecule has 5 atom stereocenters. The number of Topliss-reactive ketones (excluding diaryl/α,β-unsaturated/α-hetero) is 1. The Morgan fingerprint density at radius 1 is 1.14 bits per heavy atom. The minimum absolute atomic E-state index is 0.0594. The van der Waals surface area contributed by atoms with Crippen molar-refractivity contribution < 1.29 is 34.1 Å². The number of aromatic hydroxyl groups is 1. The van der Waals surface area contributed by atoms with Gasteiger partial charge in [-0.05, 0) is 37.3 Å². The lowest BCUT2D eigenvalue weighted by atomic mass is 9.44. The zero-order valence-corrected chi connectivity index (χ0v) is 21.7. The highest BCUT2D eigenvalue weighted by molar-refractivity contribution is 5.93. The molecule has 2 aliphatic carbocycles. The average Bonchev–Trinajstić information content (AvgIpc) is 3.21. The summed E-state index contributed by atoms with van der Waals surface area (Å²) in [6.45, 7) is 10.4. The first-order valence-electron chi connectivity index (χ1n) is 12.8. The first-order valence-corrected chi connectivity index (χ1v) is 12.8. The normalized spacial score (nSPS) is 31.6. The minimum Gasteiger partial charge on any atom is -0.494 e. The highest BCUT2D eigenvalue weighted by atomic mass is 16.6. The molecule has 5 unspecified atom stereocenters. The Bertz CT molecular complexity index is 1180. The molecule has 36 heavy (non-hydrogen) atoms. The summed E-state index contributed by atoms with van der Waals surface area (Å²) in [5.41, 5.74) is -2.02. The minimum atomic E-state index is -1.09. The van der Waals surface area contributed by atoms with Crippen LogP contribution in [0.25, 0.3) is 10.8 Å². The molecule has 1 heterocycles. The van der Waals surface area contributed by atoms with E-state index in [1.54, 1.807) is 6.20 Å². The van der Waals surface area contributed by atoms with Crippen molar-refractivity contribution in [2.45, 2.75) is 84.8 Å². The van der Waals surface area contributed by atoms with Gasteiger partial charge in [-0.25, -0.2) is 0 Å². The lowest BCUT2D eigenvalue weighted by molar-refractivity contribution is -0.222. The van der Waals surface area contributed by atoms with Crippen LogP contribution in [0.5, 0.6) is 11.6 Å². The summed E-state index contributed by atoms with van der Waals surface area (Å²) in [4.78, 5) is 40.0. The summed E-state index contributed by atoms with van der Waals surface area (Å²) < 4.78 is 12.8. The highest BCUT2D eigenvalue weighted by Gasteiger charge is 2.68. The number of carbonyl (C=O) groups excluding carboxylic acids is 2. The predicted octanol–water partition coefficient (Wildman–Crippen LogP) is 5.23. The average molecular weight is 500 g/mol. The van der Waals surface area contributed by atoms with Gasteiger partial charge in [0.1, 0.15) is 11.4 Å². The van der Waals surface area contributed by atoms with Crippen LogP contribution in [0, 0.1) is 22.7 Å². The molecule has 0 aliphatic heterocycles. The third-order valence-electron chi connectivity index (χ3n) is 9.31. The van der Waals surface area contributed by atoms with Gasteiger partial charge in [0.2, 0.25) is 0 Å². The number of ether oxygens (including phenoxy) is 2. The maximum atomic E-state index is 13.7. The quantitative estimate of drug-likeness (QED) is 0.445. The maximum Gasteiger partial charge on any atom is 0.307 e. The van der Waals surface area contributed by atoms with Crippen molar-refractivity contribution in [2.75, 3.05) is 0 Å². The SMILES string of the molecule is CCC1(C)C(C)CCC2C(C)(C)C(=O)C(OC(=O)CCC(=O)O)CC21Oc1cccc2c(O)[nH]cc12. The molecule has 0 radical (unpaired) electrons. The Hall–Kier alpha value is -3.03. The van der Waals surface area contributed by atoms with Crippen molar-refractivity contribution in [1.29, 1.82) is 0 Å². The lowest BCUT2D eigenvalue weighted by Crippen LogP contribution is -2.71. The first kappa shape index (κ1) is 26.0. The van der Waals surface area contributed by atoms with Gasteiger partial charge in [0.25, 0.3) is 0 Å². The van der Waals surface area contributed by atoms with Crippen molar-refractivity contribution in [3.63, 3.8) is 0 Å². The second kappa shape index (κ2) is 9.12. The van der Waals surface area contributed by atoms with Crippen LogP contribution >= 0.6 is 0 Å². The molecule has 0 bridgehead atoms. The number of carboxylic acid groups (broad SMARTS) is 1. The lowest BCUT2D eigenvalue weighted by Gasteiger charge is -2.64. The smallest absolute Gasteiger partial charge is 0.307 e. The van der Waals surface area contributed by atoms with Gasteiger partial charge in [0.05, 0.1) is 12.8 Å². The molecule has 8 nitrogen and oxygen atoms in total. The molecule has 1 aromatic carbocycles. The molecule has 2 aromatic rings. The number of aliphatic carboxylic acids is 1. The van der Waals surface area contributed by atoms with Crippen molar-refractivity contribution in [3.8, 4) is 11.6 Å². The van der Waals surface area contributed by atoms with E-state index in [0.717, 1.165) is 24.6 Å². The monoisotopic (exact) mass is 499 g/mol. The van der Waals surface area contributed by atoms with E-state index >= 15 is 0 Å². The summed E-state index contributed by atoms with van der Waals surface area (Å²) in [5, 5.41) is 20.6. The number of aromatic amines is 1. The molecular formula is C28H37NO7. The number of carboxylic acids is 1. The van der Waals surface area contributed by atoms with Gasteiger partial charge in [-0.2, -0.15) is 0 Å². The van der Waals surface area contributed by atoms with Gasteiger partial charge in [0, 0.05) is 40.1 Å².